The van der Waals surface area contributed by atoms with Gasteiger partial charge >= 0.3 is 0 Å². The minimum Gasteiger partial charge on any atom is -0.338 e. The minimum absolute atomic E-state index is 0.0185. The minimum atomic E-state index is -3.11. The van der Waals surface area contributed by atoms with E-state index in [0.717, 1.165) is 70.1 Å². The number of hydrogen-bond donors (Lipinski definition) is 0. The van der Waals surface area contributed by atoms with E-state index in [1.807, 2.05) is 35.2 Å². The molecule has 2 aromatic carbocycles. The van der Waals surface area contributed by atoms with Crippen LogP contribution in [-0.4, -0.2) is 80.5 Å². The summed E-state index contributed by atoms with van der Waals surface area (Å²) >= 11 is 0. The molecule has 0 radical (unpaired) electrons. The Bertz CT molecular complexity index is 1280. The van der Waals surface area contributed by atoms with Crippen LogP contribution in [0, 0.1) is 23.5 Å². The Balaban J connectivity index is 1.24. The Morgan fingerprint density at radius 1 is 0.900 bits per heavy atom. The van der Waals surface area contributed by atoms with E-state index in [0.29, 0.717) is 43.6 Å². The Hall–Kier alpha value is -2.36. The normalized spacial score (nSPS) is 24.3. The Kier molecular flexibility index (Phi) is 8.92. The van der Waals surface area contributed by atoms with Crippen LogP contribution < -0.4 is 0 Å². The second-order valence-corrected chi connectivity index (χ2v) is 14.0. The topological polar surface area (TPSA) is 60.9 Å². The Labute approximate surface area is 237 Å². The highest BCUT2D eigenvalue weighted by atomic mass is 32.2. The molecule has 0 aliphatic carbocycles. The second-order valence-electron chi connectivity index (χ2n) is 12.0. The molecule has 40 heavy (non-hydrogen) atoms. The third-order valence-corrected chi connectivity index (χ3v) is 10.9. The van der Waals surface area contributed by atoms with Gasteiger partial charge in [0.15, 0.2) is 11.6 Å². The fourth-order valence-electron chi connectivity index (χ4n) is 7.18. The molecular formula is C31H41F2N3O3S. The number of sulfonamides is 1. The Morgan fingerprint density at radius 3 is 2.17 bits per heavy atom. The number of benzene rings is 2. The molecule has 1 amide bonds. The standard InChI is InChI=1S/C31H41F2N3O3S/c1-40(38,39)36-19-12-25(13-20-36)24-10-17-34(18-11-24)21-15-31(27-8-9-28(32)29(33)22-27)14-5-16-35(23-31)30(37)26-6-3-2-4-7-26/h2-4,6-9,22,24-25H,5,10-21,23H2,1H3/t31-/m1/s1. The van der Waals surface area contributed by atoms with Crippen LogP contribution in [0.3, 0.4) is 0 Å². The van der Waals surface area contributed by atoms with Gasteiger partial charge in [-0.25, -0.2) is 21.5 Å². The SMILES string of the molecule is CS(=O)(=O)N1CCC(C2CCN(CC[C@]3(c4ccc(F)c(F)c4)CCCN(C(=O)c4ccccc4)C3)CC2)CC1. The maximum absolute atomic E-state index is 14.4. The fourth-order valence-corrected chi connectivity index (χ4v) is 8.05. The number of carbonyl (C=O) groups is 1. The van der Waals surface area contributed by atoms with Crippen LogP contribution in [0.4, 0.5) is 8.78 Å². The first-order chi connectivity index (χ1) is 19.1. The molecule has 0 spiro atoms. The smallest absolute Gasteiger partial charge is 0.253 e. The van der Waals surface area contributed by atoms with E-state index in [2.05, 4.69) is 4.90 Å². The van der Waals surface area contributed by atoms with E-state index in [4.69, 9.17) is 0 Å². The third-order valence-electron chi connectivity index (χ3n) is 9.59. The van der Waals surface area contributed by atoms with Crippen LogP contribution in [0.15, 0.2) is 48.5 Å². The van der Waals surface area contributed by atoms with Gasteiger partial charge in [0.25, 0.3) is 5.91 Å². The molecule has 3 saturated heterocycles. The van der Waals surface area contributed by atoms with E-state index < -0.39 is 27.1 Å². The highest BCUT2D eigenvalue weighted by molar-refractivity contribution is 7.88. The summed E-state index contributed by atoms with van der Waals surface area (Å²) in [5.74, 6) is -0.520. The van der Waals surface area contributed by atoms with Gasteiger partial charge in [0.05, 0.1) is 6.26 Å². The molecule has 6 nitrogen and oxygen atoms in total. The largest absolute Gasteiger partial charge is 0.338 e. The molecule has 218 valence electrons. The van der Waals surface area contributed by atoms with Gasteiger partial charge < -0.3 is 9.80 Å². The molecule has 1 atom stereocenters. The number of likely N-dealkylation sites (tertiary alicyclic amines) is 2. The van der Waals surface area contributed by atoms with Gasteiger partial charge in [-0.15, -0.1) is 0 Å². The van der Waals surface area contributed by atoms with E-state index in [-0.39, 0.29) is 5.91 Å². The van der Waals surface area contributed by atoms with Crippen molar-refractivity contribution in [2.75, 3.05) is 52.1 Å². The summed E-state index contributed by atoms with van der Waals surface area (Å²) in [6, 6.07) is 13.5. The van der Waals surface area contributed by atoms with Crippen molar-refractivity contribution in [3.63, 3.8) is 0 Å². The molecule has 0 saturated carbocycles. The van der Waals surface area contributed by atoms with Crippen molar-refractivity contribution in [3.05, 3.63) is 71.3 Å². The lowest BCUT2D eigenvalue weighted by atomic mass is 9.71. The van der Waals surface area contributed by atoms with Gasteiger partial charge in [-0.3, -0.25) is 4.79 Å². The van der Waals surface area contributed by atoms with Crippen molar-refractivity contribution < 1.29 is 22.0 Å². The Morgan fingerprint density at radius 2 is 1.55 bits per heavy atom. The van der Waals surface area contributed by atoms with Gasteiger partial charge in [0.2, 0.25) is 10.0 Å². The summed E-state index contributed by atoms with van der Waals surface area (Å²) in [6.07, 6.45) is 7.76. The number of amides is 1. The lowest BCUT2D eigenvalue weighted by Crippen LogP contribution is -2.50. The molecule has 9 heteroatoms. The first-order valence-electron chi connectivity index (χ1n) is 14.6. The van der Waals surface area contributed by atoms with E-state index in [1.165, 1.54) is 18.4 Å². The molecular weight excluding hydrogens is 532 g/mol. The number of carbonyl (C=O) groups excluding carboxylic acids is 1. The first-order valence-corrected chi connectivity index (χ1v) is 16.5. The lowest BCUT2D eigenvalue weighted by molar-refractivity contribution is 0.0593. The van der Waals surface area contributed by atoms with Crippen molar-refractivity contribution in [3.8, 4) is 0 Å². The molecule has 3 aliphatic rings. The molecule has 3 heterocycles. The maximum atomic E-state index is 14.4. The van der Waals surface area contributed by atoms with E-state index in [1.54, 1.807) is 10.4 Å². The molecule has 0 bridgehead atoms. The van der Waals surface area contributed by atoms with E-state index >= 15 is 0 Å². The van der Waals surface area contributed by atoms with Gasteiger partial charge in [-0.05, 0) is 106 Å². The zero-order valence-electron chi connectivity index (χ0n) is 23.4. The molecule has 0 N–H and O–H groups in total. The van der Waals surface area contributed by atoms with Crippen molar-refractivity contribution in [1.82, 2.24) is 14.1 Å². The molecule has 5 rings (SSSR count). The van der Waals surface area contributed by atoms with Crippen molar-refractivity contribution in [2.45, 2.75) is 50.4 Å². The predicted molar refractivity (Wildman–Crippen MR) is 153 cm³/mol. The van der Waals surface area contributed by atoms with Gasteiger partial charge in [-0.1, -0.05) is 24.3 Å². The lowest BCUT2D eigenvalue weighted by Gasteiger charge is -2.45. The van der Waals surface area contributed by atoms with Crippen LogP contribution in [0.5, 0.6) is 0 Å². The average molecular weight is 574 g/mol. The summed E-state index contributed by atoms with van der Waals surface area (Å²) in [7, 11) is -3.11. The van der Waals surface area contributed by atoms with Crippen molar-refractivity contribution in [1.29, 1.82) is 0 Å². The van der Waals surface area contributed by atoms with Crippen LogP contribution >= 0.6 is 0 Å². The number of piperidine rings is 3. The first kappa shape index (κ1) is 29.1. The summed E-state index contributed by atoms with van der Waals surface area (Å²) in [6.45, 7) is 5.20. The summed E-state index contributed by atoms with van der Waals surface area (Å²) < 4.78 is 53.6. The van der Waals surface area contributed by atoms with Gasteiger partial charge in [0, 0.05) is 37.2 Å². The maximum Gasteiger partial charge on any atom is 0.253 e. The summed E-state index contributed by atoms with van der Waals surface area (Å²) in [4.78, 5) is 17.7. The number of rotatable bonds is 7. The van der Waals surface area contributed by atoms with Crippen LogP contribution in [0.1, 0.15) is 60.9 Å². The zero-order chi connectivity index (χ0) is 28.3. The highest BCUT2D eigenvalue weighted by Gasteiger charge is 2.40. The summed E-state index contributed by atoms with van der Waals surface area (Å²) in [5, 5.41) is 0. The molecule has 0 unspecified atom stereocenters. The predicted octanol–water partition coefficient (Wildman–Crippen LogP) is 4.91. The van der Waals surface area contributed by atoms with Gasteiger partial charge in [0.1, 0.15) is 0 Å². The van der Waals surface area contributed by atoms with Crippen molar-refractivity contribution >= 4 is 15.9 Å². The second kappa shape index (κ2) is 12.2. The highest BCUT2D eigenvalue weighted by Crippen LogP contribution is 2.39. The fraction of sp³-hybridized carbons (Fsp3) is 0.581. The third kappa shape index (κ3) is 6.58. The molecule has 3 fully saturated rings. The molecule has 0 aromatic heterocycles. The molecule has 2 aromatic rings. The van der Waals surface area contributed by atoms with Crippen LogP contribution in [0.2, 0.25) is 0 Å². The number of halogens is 2. The van der Waals surface area contributed by atoms with Crippen LogP contribution in [-0.2, 0) is 15.4 Å². The monoisotopic (exact) mass is 573 g/mol. The summed E-state index contributed by atoms with van der Waals surface area (Å²) in [5.41, 5.74) is 0.976. The molecule has 3 aliphatic heterocycles. The zero-order valence-corrected chi connectivity index (χ0v) is 24.2. The average Bonchev–Trinajstić information content (AvgIpc) is 2.97. The number of hydrogen-bond acceptors (Lipinski definition) is 4. The number of nitrogens with zero attached hydrogens (tertiary/aromatic N) is 3. The van der Waals surface area contributed by atoms with Gasteiger partial charge in [-0.2, -0.15) is 0 Å². The van der Waals surface area contributed by atoms with E-state index in [9.17, 15) is 22.0 Å². The quantitative estimate of drug-likeness (QED) is 0.472. The van der Waals surface area contributed by atoms with Crippen LogP contribution in [0.25, 0.3) is 0 Å². The van der Waals surface area contributed by atoms with Crippen molar-refractivity contribution in [2.24, 2.45) is 11.8 Å².